The highest BCUT2D eigenvalue weighted by Gasteiger charge is 2.22. The van der Waals surface area contributed by atoms with Crippen molar-refractivity contribution in [3.63, 3.8) is 0 Å². The number of pyridine rings is 1. The summed E-state index contributed by atoms with van der Waals surface area (Å²) >= 11 is 0. The second-order valence-electron chi connectivity index (χ2n) is 5.86. The Morgan fingerprint density at radius 1 is 1.24 bits per heavy atom. The van der Waals surface area contributed by atoms with Gasteiger partial charge in [0, 0.05) is 12.1 Å². The van der Waals surface area contributed by atoms with E-state index in [1.807, 2.05) is 13.3 Å². The molecule has 3 nitrogen and oxygen atoms in total. The number of aryl methyl sites for hydroxylation is 1. The van der Waals surface area contributed by atoms with E-state index in [0.717, 1.165) is 40.3 Å². The average molecular weight is 281 g/mol. The van der Waals surface area contributed by atoms with Gasteiger partial charge in [-0.2, -0.15) is 0 Å². The lowest BCUT2D eigenvalue weighted by Crippen LogP contribution is -1.98. The van der Waals surface area contributed by atoms with Crippen molar-refractivity contribution in [3.05, 3.63) is 48.2 Å². The van der Waals surface area contributed by atoms with Crippen molar-refractivity contribution >= 4 is 11.0 Å². The Balaban J connectivity index is 1.81. The normalized spacial score (nSPS) is 14.8. The number of nitrogens with zero attached hydrogens (tertiary/aromatic N) is 3. The van der Waals surface area contributed by atoms with E-state index in [2.05, 4.69) is 20.6 Å². The van der Waals surface area contributed by atoms with Gasteiger partial charge in [-0.05, 0) is 55.5 Å². The summed E-state index contributed by atoms with van der Waals surface area (Å²) in [7, 11) is 0. The largest absolute Gasteiger partial charge is 0.330 e. The molecular formula is C17H16FN3. The van der Waals surface area contributed by atoms with Crippen LogP contribution >= 0.6 is 0 Å². The van der Waals surface area contributed by atoms with E-state index in [0.29, 0.717) is 0 Å². The third kappa shape index (κ3) is 2.31. The lowest BCUT2D eigenvalue weighted by Gasteiger charge is -2.07. The maximum atomic E-state index is 13.2. The maximum Gasteiger partial charge on any atom is 0.123 e. The molecule has 2 aromatic heterocycles. The quantitative estimate of drug-likeness (QED) is 0.727. The van der Waals surface area contributed by atoms with Crippen molar-refractivity contribution in [3.8, 4) is 11.3 Å². The van der Waals surface area contributed by atoms with E-state index in [-0.39, 0.29) is 5.82 Å². The van der Waals surface area contributed by atoms with E-state index in [4.69, 9.17) is 0 Å². The molecule has 0 spiro atoms. The van der Waals surface area contributed by atoms with E-state index < -0.39 is 0 Å². The van der Waals surface area contributed by atoms with Crippen molar-refractivity contribution in [2.24, 2.45) is 5.92 Å². The zero-order valence-electron chi connectivity index (χ0n) is 11.9. The molecule has 4 rings (SSSR count). The summed E-state index contributed by atoms with van der Waals surface area (Å²) < 4.78 is 15.5. The zero-order valence-corrected chi connectivity index (χ0v) is 11.9. The lowest BCUT2D eigenvalue weighted by atomic mass is 10.0. The van der Waals surface area contributed by atoms with E-state index in [1.54, 1.807) is 18.3 Å². The highest BCUT2D eigenvalue weighted by Crippen LogP contribution is 2.32. The van der Waals surface area contributed by atoms with Gasteiger partial charge in [-0.1, -0.05) is 0 Å². The monoisotopic (exact) mass is 281 g/mol. The summed E-state index contributed by atoms with van der Waals surface area (Å²) in [6, 6.07) is 6.88. The second-order valence-corrected chi connectivity index (χ2v) is 5.86. The minimum absolute atomic E-state index is 0.212. The zero-order chi connectivity index (χ0) is 14.4. The van der Waals surface area contributed by atoms with Crippen LogP contribution in [0, 0.1) is 18.7 Å². The Kier molecular flexibility index (Phi) is 2.77. The first-order valence-corrected chi connectivity index (χ1v) is 7.28. The molecule has 1 aromatic carbocycles. The van der Waals surface area contributed by atoms with Crippen LogP contribution in [0.25, 0.3) is 22.3 Å². The molecule has 0 bridgehead atoms. The summed E-state index contributed by atoms with van der Waals surface area (Å²) in [5, 5.41) is 0. The highest BCUT2D eigenvalue weighted by atomic mass is 19.1. The molecule has 1 saturated carbocycles. The summed E-state index contributed by atoms with van der Waals surface area (Å²) in [5.74, 6) is 0.586. The predicted molar refractivity (Wildman–Crippen MR) is 80.4 cm³/mol. The molecular weight excluding hydrogens is 265 g/mol. The fourth-order valence-electron chi connectivity index (χ4n) is 2.75. The SMILES string of the molecule is Cc1cc(F)ccc1-c1cc2c(cn1)ncn2CC1CC1. The number of aromatic nitrogens is 3. The van der Waals surface area contributed by atoms with Gasteiger partial charge in [-0.15, -0.1) is 0 Å². The highest BCUT2D eigenvalue weighted by molar-refractivity contribution is 5.80. The fraction of sp³-hybridized carbons (Fsp3) is 0.294. The van der Waals surface area contributed by atoms with Crippen LogP contribution in [0.1, 0.15) is 18.4 Å². The number of rotatable bonds is 3. The molecule has 1 aliphatic rings. The molecule has 0 radical (unpaired) electrons. The first-order valence-electron chi connectivity index (χ1n) is 7.28. The standard InChI is InChI=1S/C17H16FN3/c1-11-6-13(18)4-5-14(11)15-7-17-16(8-19-15)20-10-21(17)9-12-2-3-12/h4-8,10,12H,2-3,9H2,1H3. The van der Waals surface area contributed by atoms with Crippen molar-refractivity contribution in [1.29, 1.82) is 0 Å². The van der Waals surface area contributed by atoms with Crippen LogP contribution in [-0.4, -0.2) is 14.5 Å². The third-order valence-corrected chi connectivity index (χ3v) is 4.12. The molecule has 0 atom stereocenters. The minimum atomic E-state index is -0.212. The summed E-state index contributed by atoms with van der Waals surface area (Å²) in [4.78, 5) is 8.89. The summed E-state index contributed by atoms with van der Waals surface area (Å²) in [6.45, 7) is 2.94. The van der Waals surface area contributed by atoms with Crippen LogP contribution in [0.4, 0.5) is 4.39 Å². The molecule has 1 fully saturated rings. The Morgan fingerprint density at radius 2 is 2.10 bits per heavy atom. The van der Waals surface area contributed by atoms with Gasteiger partial charge in [-0.3, -0.25) is 4.98 Å². The van der Waals surface area contributed by atoms with Gasteiger partial charge in [0.1, 0.15) is 11.3 Å². The topological polar surface area (TPSA) is 30.7 Å². The van der Waals surface area contributed by atoms with Crippen LogP contribution in [0.15, 0.2) is 36.8 Å². The molecule has 21 heavy (non-hydrogen) atoms. The first-order chi connectivity index (χ1) is 10.2. The molecule has 0 aliphatic heterocycles. The summed E-state index contributed by atoms with van der Waals surface area (Å²) in [5.41, 5.74) is 4.76. The fourth-order valence-corrected chi connectivity index (χ4v) is 2.75. The Morgan fingerprint density at radius 3 is 2.86 bits per heavy atom. The lowest BCUT2D eigenvalue weighted by molar-refractivity contribution is 0.627. The van der Waals surface area contributed by atoms with Gasteiger partial charge < -0.3 is 4.57 Å². The van der Waals surface area contributed by atoms with Crippen molar-refractivity contribution in [2.75, 3.05) is 0 Å². The Labute approximate surface area is 122 Å². The Hall–Kier alpha value is -2.23. The van der Waals surface area contributed by atoms with Crippen LogP contribution in [0.5, 0.6) is 0 Å². The van der Waals surface area contributed by atoms with E-state index in [1.165, 1.54) is 18.9 Å². The van der Waals surface area contributed by atoms with Crippen LogP contribution in [-0.2, 0) is 6.54 Å². The molecule has 106 valence electrons. The third-order valence-electron chi connectivity index (χ3n) is 4.12. The number of halogens is 1. The predicted octanol–water partition coefficient (Wildman–Crippen LogP) is 3.96. The van der Waals surface area contributed by atoms with Gasteiger partial charge in [0.05, 0.1) is 23.7 Å². The van der Waals surface area contributed by atoms with E-state index in [9.17, 15) is 4.39 Å². The molecule has 0 amide bonds. The second kappa shape index (κ2) is 4.65. The van der Waals surface area contributed by atoms with Crippen LogP contribution < -0.4 is 0 Å². The average Bonchev–Trinajstić information content (AvgIpc) is 3.19. The molecule has 4 heteroatoms. The van der Waals surface area contributed by atoms with E-state index >= 15 is 0 Å². The van der Waals surface area contributed by atoms with Crippen molar-refractivity contribution in [2.45, 2.75) is 26.3 Å². The first kappa shape index (κ1) is 12.5. The van der Waals surface area contributed by atoms with Gasteiger partial charge in [0.25, 0.3) is 0 Å². The van der Waals surface area contributed by atoms with Crippen molar-refractivity contribution < 1.29 is 4.39 Å². The van der Waals surface area contributed by atoms with Gasteiger partial charge in [0.15, 0.2) is 0 Å². The molecule has 3 aromatic rings. The number of imidazole rings is 1. The summed E-state index contributed by atoms with van der Waals surface area (Å²) in [6.07, 6.45) is 6.33. The maximum absolute atomic E-state index is 13.2. The van der Waals surface area contributed by atoms with Gasteiger partial charge in [-0.25, -0.2) is 9.37 Å². The Bertz CT molecular complexity index is 818. The van der Waals surface area contributed by atoms with Crippen LogP contribution in [0.3, 0.4) is 0 Å². The number of fused-ring (bicyclic) bond motifs is 1. The molecule has 0 N–H and O–H groups in total. The molecule has 2 heterocycles. The van der Waals surface area contributed by atoms with Crippen LogP contribution in [0.2, 0.25) is 0 Å². The molecule has 0 unspecified atom stereocenters. The van der Waals surface area contributed by atoms with Gasteiger partial charge >= 0.3 is 0 Å². The number of benzene rings is 1. The molecule has 1 aliphatic carbocycles. The number of hydrogen-bond donors (Lipinski definition) is 0. The minimum Gasteiger partial charge on any atom is -0.330 e. The molecule has 0 saturated heterocycles. The smallest absolute Gasteiger partial charge is 0.123 e. The van der Waals surface area contributed by atoms with Gasteiger partial charge in [0.2, 0.25) is 0 Å². The number of hydrogen-bond acceptors (Lipinski definition) is 2. The van der Waals surface area contributed by atoms with Crippen molar-refractivity contribution in [1.82, 2.24) is 14.5 Å².